The van der Waals surface area contributed by atoms with E-state index in [0.717, 1.165) is 6.54 Å². The van der Waals surface area contributed by atoms with Crippen LogP contribution in [0.3, 0.4) is 0 Å². The molecule has 1 aliphatic heterocycles. The van der Waals surface area contributed by atoms with Crippen LogP contribution < -0.4 is 0 Å². The number of aliphatic hydroxyl groups excluding tert-OH is 1. The molecule has 0 amide bonds. The number of hydrogen-bond donors (Lipinski definition) is 1. The van der Waals surface area contributed by atoms with E-state index in [1.807, 2.05) is 22.9 Å². The molecule has 0 bridgehead atoms. The number of aliphatic hydroxyl groups is 1. The van der Waals surface area contributed by atoms with Crippen LogP contribution in [-0.4, -0.2) is 27.8 Å². The lowest BCUT2D eigenvalue weighted by Crippen LogP contribution is -2.18. The number of hydrogen-bond acceptors (Lipinski definition) is 3. The molecule has 1 atom stereocenters. The van der Waals surface area contributed by atoms with Gasteiger partial charge in [0.15, 0.2) is 0 Å². The Morgan fingerprint density at radius 2 is 2.57 bits per heavy atom. The third-order valence-corrected chi connectivity index (χ3v) is 1.77. The zero-order chi connectivity index (χ0) is 5.28. The Morgan fingerprint density at radius 3 is 2.71 bits per heavy atom. The smallest absolute Gasteiger partial charge is 0.224 e. The Morgan fingerprint density at radius 1 is 1.86 bits per heavy atom. The molecule has 0 spiro atoms. The normalized spacial score (nSPS) is 34.3. The van der Waals surface area contributed by atoms with Crippen LogP contribution in [-0.2, 0) is 4.74 Å². The van der Waals surface area contributed by atoms with E-state index < -0.39 is 6.41 Å². The van der Waals surface area contributed by atoms with Crippen molar-refractivity contribution in [2.45, 2.75) is 6.41 Å². The first-order chi connectivity index (χ1) is 3.30. The lowest BCUT2D eigenvalue weighted by atomic mass is 10.7. The summed E-state index contributed by atoms with van der Waals surface area (Å²) >= 11 is 2.02. The highest BCUT2D eigenvalue weighted by molar-refractivity contribution is 14.1. The zero-order valence-electron chi connectivity index (χ0n) is 3.67. The predicted octanol–water partition coefficient (Wildman–Crippen LogP) is -0.0555. The van der Waals surface area contributed by atoms with Crippen molar-refractivity contribution < 1.29 is 9.84 Å². The second kappa shape index (κ2) is 2.25. The largest absolute Gasteiger partial charge is 0.355 e. The van der Waals surface area contributed by atoms with Gasteiger partial charge in [-0.15, -0.1) is 0 Å². The average Bonchev–Trinajstić information content (AvgIpc) is 1.91. The van der Waals surface area contributed by atoms with Crippen molar-refractivity contribution in [3.05, 3.63) is 0 Å². The van der Waals surface area contributed by atoms with Crippen molar-refractivity contribution in [2.75, 3.05) is 13.2 Å². The third kappa shape index (κ3) is 1.25. The zero-order valence-corrected chi connectivity index (χ0v) is 5.83. The van der Waals surface area contributed by atoms with Crippen molar-refractivity contribution >= 4 is 22.9 Å². The SMILES string of the molecule is OC1OCCN1I. The van der Waals surface area contributed by atoms with Crippen molar-refractivity contribution in [1.29, 1.82) is 0 Å². The van der Waals surface area contributed by atoms with E-state index in [1.165, 1.54) is 0 Å². The van der Waals surface area contributed by atoms with Crippen LogP contribution in [0, 0.1) is 0 Å². The van der Waals surface area contributed by atoms with Crippen molar-refractivity contribution in [3.8, 4) is 0 Å². The Hall–Kier alpha value is 0.610. The highest BCUT2D eigenvalue weighted by atomic mass is 127. The monoisotopic (exact) mass is 215 g/mol. The second-order valence-corrected chi connectivity index (χ2v) is 2.56. The van der Waals surface area contributed by atoms with Gasteiger partial charge in [-0.1, -0.05) is 0 Å². The molecule has 4 heteroatoms. The molecule has 1 aliphatic rings. The van der Waals surface area contributed by atoms with Crippen molar-refractivity contribution in [1.82, 2.24) is 3.11 Å². The van der Waals surface area contributed by atoms with Gasteiger partial charge in [0, 0.05) is 29.4 Å². The van der Waals surface area contributed by atoms with Gasteiger partial charge in [0.25, 0.3) is 0 Å². The molecule has 1 rings (SSSR count). The van der Waals surface area contributed by atoms with Crippen LogP contribution >= 0.6 is 22.9 Å². The molecule has 0 aliphatic carbocycles. The van der Waals surface area contributed by atoms with Crippen LogP contribution in [0.4, 0.5) is 0 Å². The molecule has 0 aromatic carbocycles. The van der Waals surface area contributed by atoms with E-state index in [4.69, 9.17) is 9.84 Å². The summed E-state index contributed by atoms with van der Waals surface area (Å²) in [6, 6.07) is 0. The van der Waals surface area contributed by atoms with Crippen LogP contribution in [0.15, 0.2) is 0 Å². The Labute approximate surface area is 55.7 Å². The molecule has 1 heterocycles. The minimum absolute atomic E-state index is 0.643. The van der Waals surface area contributed by atoms with Gasteiger partial charge in [0.2, 0.25) is 6.41 Å². The topological polar surface area (TPSA) is 32.7 Å². The van der Waals surface area contributed by atoms with E-state index >= 15 is 0 Å². The number of ether oxygens (including phenoxy) is 1. The van der Waals surface area contributed by atoms with Gasteiger partial charge in [-0.05, 0) is 0 Å². The molecule has 1 N–H and O–H groups in total. The lowest BCUT2D eigenvalue weighted by molar-refractivity contribution is -0.0970. The minimum Gasteiger partial charge on any atom is -0.355 e. The fourth-order valence-electron chi connectivity index (χ4n) is 0.437. The van der Waals surface area contributed by atoms with Gasteiger partial charge in [-0.25, -0.2) is 0 Å². The molecule has 0 radical (unpaired) electrons. The van der Waals surface area contributed by atoms with E-state index in [1.54, 1.807) is 3.11 Å². The molecule has 42 valence electrons. The summed E-state index contributed by atoms with van der Waals surface area (Å²) in [6.07, 6.45) is -0.666. The summed E-state index contributed by atoms with van der Waals surface area (Å²) in [4.78, 5) is 0. The van der Waals surface area contributed by atoms with Gasteiger partial charge in [0.05, 0.1) is 6.61 Å². The van der Waals surface area contributed by atoms with Crippen LogP contribution in [0.2, 0.25) is 0 Å². The van der Waals surface area contributed by atoms with E-state index in [-0.39, 0.29) is 0 Å². The maximum absolute atomic E-state index is 8.69. The first-order valence-corrected chi connectivity index (χ1v) is 2.99. The van der Waals surface area contributed by atoms with Crippen LogP contribution in [0.5, 0.6) is 0 Å². The molecule has 1 unspecified atom stereocenters. The molecule has 1 saturated heterocycles. The highest BCUT2D eigenvalue weighted by Gasteiger charge is 2.18. The summed E-state index contributed by atoms with van der Waals surface area (Å²) in [5.41, 5.74) is 0. The molecule has 1 fully saturated rings. The van der Waals surface area contributed by atoms with Gasteiger partial charge < -0.3 is 9.84 Å². The van der Waals surface area contributed by atoms with Gasteiger partial charge >= 0.3 is 0 Å². The van der Waals surface area contributed by atoms with Gasteiger partial charge in [-0.2, -0.15) is 3.11 Å². The predicted molar refractivity (Wildman–Crippen MR) is 32.7 cm³/mol. The highest BCUT2D eigenvalue weighted by Crippen LogP contribution is 2.10. The maximum atomic E-state index is 8.69. The maximum Gasteiger partial charge on any atom is 0.224 e. The first-order valence-electron chi connectivity index (χ1n) is 2.03. The summed E-state index contributed by atoms with van der Waals surface area (Å²) in [7, 11) is 0. The molecule has 0 aromatic heterocycles. The lowest BCUT2D eigenvalue weighted by Gasteiger charge is -2.06. The van der Waals surface area contributed by atoms with Crippen LogP contribution in [0.25, 0.3) is 0 Å². The van der Waals surface area contributed by atoms with Crippen molar-refractivity contribution in [2.24, 2.45) is 0 Å². The molecular formula is C3H6INO2. The average molecular weight is 215 g/mol. The number of rotatable bonds is 0. The summed E-state index contributed by atoms with van der Waals surface area (Å²) in [6.45, 7) is 1.46. The summed E-state index contributed by atoms with van der Waals surface area (Å²) in [5, 5.41) is 8.69. The van der Waals surface area contributed by atoms with E-state index in [9.17, 15) is 0 Å². The standard InChI is InChI=1S/C3H6INO2/c4-5-1-2-7-3(5)6/h3,6H,1-2H2. The Bertz CT molecular complexity index is 62.0. The minimum atomic E-state index is -0.666. The molecular weight excluding hydrogens is 209 g/mol. The quantitative estimate of drug-likeness (QED) is 0.454. The third-order valence-electron chi connectivity index (χ3n) is 0.811. The number of nitrogens with zero attached hydrogens (tertiary/aromatic N) is 1. The number of halogens is 1. The van der Waals surface area contributed by atoms with E-state index in [0.29, 0.717) is 6.61 Å². The van der Waals surface area contributed by atoms with E-state index in [2.05, 4.69) is 0 Å². The van der Waals surface area contributed by atoms with Crippen molar-refractivity contribution in [3.63, 3.8) is 0 Å². The fraction of sp³-hybridized carbons (Fsp3) is 1.00. The molecule has 3 nitrogen and oxygen atoms in total. The first kappa shape index (κ1) is 5.74. The second-order valence-electron chi connectivity index (χ2n) is 1.32. The molecule has 7 heavy (non-hydrogen) atoms. The molecule has 0 aromatic rings. The Kier molecular flexibility index (Phi) is 1.85. The fourth-order valence-corrected chi connectivity index (χ4v) is 0.794. The van der Waals surface area contributed by atoms with Gasteiger partial charge in [-0.3, -0.25) is 0 Å². The summed E-state index contributed by atoms with van der Waals surface area (Å²) < 4.78 is 6.45. The van der Waals surface area contributed by atoms with Crippen LogP contribution in [0.1, 0.15) is 0 Å². The van der Waals surface area contributed by atoms with Gasteiger partial charge in [0.1, 0.15) is 0 Å². The summed E-state index contributed by atoms with van der Waals surface area (Å²) in [5.74, 6) is 0. The molecule has 0 saturated carbocycles. The Balaban J connectivity index is 2.33.